The van der Waals surface area contributed by atoms with Crippen LogP contribution in [0.15, 0.2) is 0 Å². The maximum Gasteiger partial charge on any atom is 0.245 e. The van der Waals surface area contributed by atoms with Crippen LogP contribution in [0.4, 0.5) is 5.82 Å². The summed E-state index contributed by atoms with van der Waals surface area (Å²) in [4.78, 5) is 3.80. The van der Waals surface area contributed by atoms with Gasteiger partial charge in [-0.3, -0.25) is 0 Å². The van der Waals surface area contributed by atoms with Crippen LogP contribution < -0.4 is 5.32 Å². The highest BCUT2D eigenvalue weighted by Gasteiger charge is 2.08. The summed E-state index contributed by atoms with van der Waals surface area (Å²) in [6, 6.07) is -0.162. The van der Waals surface area contributed by atoms with Gasteiger partial charge in [-0.05, 0) is 18.5 Å². The Morgan fingerprint density at radius 2 is 2.15 bits per heavy atom. The Bertz CT molecular complexity index is 296. The summed E-state index contributed by atoms with van der Waals surface area (Å²) in [7, 11) is 0. The summed E-state index contributed by atoms with van der Waals surface area (Å²) < 4.78 is 0. The lowest BCUT2D eigenvalue weighted by Gasteiger charge is -2.11. The van der Waals surface area contributed by atoms with Gasteiger partial charge in [-0.1, -0.05) is 11.6 Å². The molecule has 1 aromatic rings. The fourth-order valence-electron chi connectivity index (χ4n) is 0.664. The van der Waals surface area contributed by atoms with Crippen LogP contribution in [0.5, 0.6) is 0 Å². The first-order chi connectivity index (χ1) is 6.13. The molecule has 13 heavy (non-hydrogen) atoms. The van der Waals surface area contributed by atoms with E-state index in [1.807, 2.05) is 0 Å². The second-order valence-corrected chi connectivity index (χ2v) is 3.14. The van der Waals surface area contributed by atoms with E-state index in [1.165, 1.54) is 0 Å². The first kappa shape index (κ1) is 10.4. The van der Waals surface area contributed by atoms with Gasteiger partial charge in [0.25, 0.3) is 0 Å². The first-order valence-corrected chi connectivity index (χ1v) is 4.32. The van der Waals surface area contributed by atoms with Crippen molar-refractivity contribution in [2.45, 2.75) is 13.0 Å². The van der Waals surface area contributed by atoms with Gasteiger partial charge in [-0.2, -0.15) is 4.98 Å². The van der Waals surface area contributed by atoms with E-state index in [0.29, 0.717) is 5.82 Å². The minimum atomic E-state index is -0.162. The number of hydrogen-bond donors (Lipinski definition) is 2. The number of nitrogens with zero attached hydrogens (tertiary/aromatic N) is 3. The zero-order valence-electron chi connectivity index (χ0n) is 6.83. The predicted octanol–water partition coefficient (Wildman–Crippen LogP) is 0.971. The first-order valence-electron chi connectivity index (χ1n) is 3.56. The van der Waals surface area contributed by atoms with Gasteiger partial charge >= 0.3 is 0 Å². The van der Waals surface area contributed by atoms with Gasteiger partial charge in [0.15, 0.2) is 11.0 Å². The molecule has 5 nitrogen and oxygen atoms in total. The van der Waals surface area contributed by atoms with Crippen LogP contribution in [-0.4, -0.2) is 32.9 Å². The molecule has 1 aromatic heterocycles. The maximum absolute atomic E-state index is 8.75. The minimum absolute atomic E-state index is 0.0111. The SMILES string of the molecule is CC(CO)Nc1nc(Cl)nnc1Cl. The number of halogens is 2. The number of anilines is 1. The van der Waals surface area contributed by atoms with Crippen molar-refractivity contribution in [3.05, 3.63) is 10.4 Å². The molecule has 0 aliphatic heterocycles. The van der Waals surface area contributed by atoms with Gasteiger partial charge in [0.05, 0.1) is 6.61 Å². The van der Waals surface area contributed by atoms with Crippen LogP contribution in [0.1, 0.15) is 6.92 Å². The molecule has 1 atom stereocenters. The molecular weight excluding hydrogens is 215 g/mol. The van der Waals surface area contributed by atoms with Crippen LogP contribution in [-0.2, 0) is 0 Å². The van der Waals surface area contributed by atoms with E-state index in [2.05, 4.69) is 20.5 Å². The largest absolute Gasteiger partial charge is 0.394 e. The van der Waals surface area contributed by atoms with Gasteiger partial charge in [-0.25, -0.2) is 0 Å². The number of aliphatic hydroxyl groups excluding tert-OH is 1. The van der Waals surface area contributed by atoms with Gasteiger partial charge in [0, 0.05) is 6.04 Å². The molecule has 0 aromatic carbocycles. The Balaban J connectivity index is 2.81. The zero-order valence-corrected chi connectivity index (χ0v) is 8.34. The Morgan fingerprint density at radius 3 is 2.77 bits per heavy atom. The minimum Gasteiger partial charge on any atom is -0.394 e. The quantitative estimate of drug-likeness (QED) is 0.798. The molecule has 1 unspecified atom stereocenters. The van der Waals surface area contributed by atoms with Crippen molar-refractivity contribution < 1.29 is 5.11 Å². The molecule has 0 radical (unpaired) electrons. The van der Waals surface area contributed by atoms with Crippen molar-refractivity contribution in [1.82, 2.24) is 15.2 Å². The Labute approximate surface area is 85.1 Å². The third-order valence-corrected chi connectivity index (χ3v) is 1.69. The van der Waals surface area contributed by atoms with Crippen LogP contribution >= 0.6 is 23.2 Å². The average Bonchev–Trinajstić information content (AvgIpc) is 2.11. The molecule has 0 bridgehead atoms. The van der Waals surface area contributed by atoms with E-state index in [-0.39, 0.29) is 23.1 Å². The smallest absolute Gasteiger partial charge is 0.245 e. The second-order valence-electron chi connectivity index (χ2n) is 2.45. The van der Waals surface area contributed by atoms with Crippen LogP contribution in [0.25, 0.3) is 0 Å². The molecule has 0 saturated heterocycles. The molecule has 1 heterocycles. The molecule has 0 aliphatic carbocycles. The van der Waals surface area contributed by atoms with Crippen molar-refractivity contribution in [1.29, 1.82) is 0 Å². The van der Waals surface area contributed by atoms with E-state index in [0.717, 1.165) is 0 Å². The molecule has 0 saturated carbocycles. The molecule has 72 valence electrons. The second kappa shape index (κ2) is 4.55. The van der Waals surface area contributed by atoms with Crippen LogP contribution in [0.2, 0.25) is 10.4 Å². The lowest BCUT2D eigenvalue weighted by molar-refractivity contribution is 0.281. The third kappa shape index (κ3) is 2.95. The molecular formula is C6H8Cl2N4O. The molecule has 1 rings (SSSR count). The normalized spacial score (nSPS) is 12.6. The van der Waals surface area contributed by atoms with Gasteiger partial charge in [0.2, 0.25) is 5.28 Å². The Kier molecular flexibility index (Phi) is 3.65. The highest BCUT2D eigenvalue weighted by Crippen LogP contribution is 2.16. The summed E-state index contributed by atoms with van der Waals surface area (Å²) in [6.07, 6.45) is 0. The third-order valence-electron chi connectivity index (χ3n) is 1.28. The van der Waals surface area contributed by atoms with E-state index in [9.17, 15) is 0 Å². The van der Waals surface area contributed by atoms with Gasteiger partial charge < -0.3 is 10.4 Å². The summed E-state index contributed by atoms with van der Waals surface area (Å²) >= 11 is 11.2. The van der Waals surface area contributed by atoms with Crippen LogP contribution in [0.3, 0.4) is 0 Å². The lowest BCUT2D eigenvalue weighted by atomic mass is 10.4. The summed E-state index contributed by atoms with van der Waals surface area (Å²) in [5.41, 5.74) is 0. The van der Waals surface area contributed by atoms with Crippen molar-refractivity contribution in [3.63, 3.8) is 0 Å². The topological polar surface area (TPSA) is 70.9 Å². The van der Waals surface area contributed by atoms with E-state index >= 15 is 0 Å². The molecule has 2 N–H and O–H groups in total. The van der Waals surface area contributed by atoms with E-state index in [1.54, 1.807) is 6.92 Å². The van der Waals surface area contributed by atoms with E-state index in [4.69, 9.17) is 28.3 Å². The van der Waals surface area contributed by atoms with Gasteiger partial charge in [-0.15, -0.1) is 10.2 Å². The Hall–Kier alpha value is -0.650. The van der Waals surface area contributed by atoms with Crippen molar-refractivity contribution in [3.8, 4) is 0 Å². The van der Waals surface area contributed by atoms with Crippen molar-refractivity contribution in [2.24, 2.45) is 0 Å². The molecule has 0 amide bonds. The number of rotatable bonds is 3. The maximum atomic E-state index is 8.75. The number of aliphatic hydroxyl groups is 1. The molecule has 0 fully saturated rings. The van der Waals surface area contributed by atoms with Crippen LogP contribution in [0, 0.1) is 0 Å². The number of aromatic nitrogens is 3. The highest BCUT2D eigenvalue weighted by molar-refractivity contribution is 6.32. The standard InChI is InChI=1S/C6H8Cl2N4O/c1-3(2-13)9-5-4(7)11-12-6(8)10-5/h3,13H,2H2,1H3,(H,9,10,12). The number of hydrogen-bond acceptors (Lipinski definition) is 5. The fourth-order valence-corrected chi connectivity index (χ4v) is 0.921. The average molecular weight is 223 g/mol. The predicted molar refractivity (Wildman–Crippen MR) is 50.0 cm³/mol. The number of nitrogens with one attached hydrogen (secondary N) is 1. The molecule has 7 heteroatoms. The van der Waals surface area contributed by atoms with Crippen molar-refractivity contribution >= 4 is 29.0 Å². The van der Waals surface area contributed by atoms with E-state index < -0.39 is 0 Å². The lowest BCUT2D eigenvalue weighted by Crippen LogP contribution is -2.20. The van der Waals surface area contributed by atoms with Crippen molar-refractivity contribution in [2.75, 3.05) is 11.9 Å². The highest BCUT2D eigenvalue weighted by atomic mass is 35.5. The van der Waals surface area contributed by atoms with Gasteiger partial charge in [0.1, 0.15) is 0 Å². The zero-order chi connectivity index (χ0) is 9.84. The molecule has 0 spiro atoms. The Morgan fingerprint density at radius 1 is 1.46 bits per heavy atom. The summed E-state index contributed by atoms with van der Waals surface area (Å²) in [5.74, 6) is 0.322. The fraction of sp³-hybridized carbons (Fsp3) is 0.500. The summed E-state index contributed by atoms with van der Waals surface area (Å²) in [5, 5.41) is 18.7. The monoisotopic (exact) mass is 222 g/mol. The molecule has 0 aliphatic rings. The summed E-state index contributed by atoms with van der Waals surface area (Å²) in [6.45, 7) is 1.74.